The number of carbonyl (C=O) groups is 2. The van der Waals surface area contributed by atoms with Crippen LogP contribution in [0.4, 0.5) is 5.69 Å². The number of thioether (sulfide) groups is 1. The molecule has 1 saturated heterocycles. The molecule has 2 aliphatic rings. The van der Waals surface area contributed by atoms with E-state index in [1.807, 2.05) is 49.4 Å². The van der Waals surface area contributed by atoms with Crippen molar-refractivity contribution in [1.82, 2.24) is 9.71 Å². The lowest BCUT2D eigenvalue weighted by Gasteiger charge is -2.32. The van der Waals surface area contributed by atoms with Crippen molar-refractivity contribution in [2.75, 3.05) is 4.90 Å². The molecule has 0 aliphatic carbocycles. The molecule has 2 aliphatic heterocycles. The SMILES string of the molecule is Cc1cc(C)c(S(=O)(=O)N[C@@H]2c3cc4ccccc4nc3S[C@@H]3C(=O)N(c4cccc(Cl)c4)C(=O)[C@@H]32)c(C)c1. The minimum Gasteiger partial charge on any atom is -0.274 e. The van der Waals surface area contributed by atoms with Gasteiger partial charge in [-0.25, -0.2) is 23.0 Å². The van der Waals surface area contributed by atoms with Gasteiger partial charge in [0.2, 0.25) is 21.8 Å². The summed E-state index contributed by atoms with van der Waals surface area (Å²) in [6, 6.07) is 18.5. The van der Waals surface area contributed by atoms with Crippen LogP contribution in [0.25, 0.3) is 10.9 Å². The average molecular weight is 578 g/mol. The predicted molar refractivity (Wildman–Crippen MR) is 153 cm³/mol. The zero-order valence-electron chi connectivity index (χ0n) is 21.3. The second kappa shape index (κ2) is 9.45. The number of amides is 2. The van der Waals surface area contributed by atoms with E-state index in [2.05, 4.69) is 4.72 Å². The highest BCUT2D eigenvalue weighted by atomic mass is 35.5. The fraction of sp³-hybridized carbons (Fsp3) is 0.207. The second-order valence-electron chi connectivity index (χ2n) is 9.96. The van der Waals surface area contributed by atoms with E-state index < -0.39 is 39.0 Å². The molecule has 1 aromatic heterocycles. The topological polar surface area (TPSA) is 96.4 Å². The van der Waals surface area contributed by atoms with Crippen LogP contribution in [-0.2, 0) is 19.6 Å². The Labute approximate surface area is 235 Å². The van der Waals surface area contributed by atoms with Gasteiger partial charge in [-0.2, -0.15) is 0 Å². The van der Waals surface area contributed by atoms with E-state index in [0.717, 1.165) is 21.4 Å². The Bertz CT molecular complexity index is 1780. The highest BCUT2D eigenvalue weighted by Crippen LogP contribution is 2.50. The van der Waals surface area contributed by atoms with Crippen molar-refractivity contribution < 1.29 is 18.0 Å². The van der Waals surface area contributed by atoms with Gasteiger partial charge in [0.15, 0.2) is 0 Å². The van der Waals surface area contributed by atoms with Gasteiger partial charge < -0.3 is 0 Å². The van der Waals surface area contributed by atoms with Crippen molar-refractivity contribution >= 4 is 61.8 Å². The van der Waals surface area contributed by atoms with Gasteiger partial charge in [-0.05, 0) is 62.2 Å². The van der Waals surface area contributed by atoms with Gasteiger partial charge in [-0.1, -0.05) is 65.3 Å². The standard InChI is InChI=1S/C29H24ClN3O4S2/c1-15-11-16(2)26(17(3)12-15)39(36,37)32-24-21-13-18-7-4-5-10-22(18)31-27(21)38-25-23(24)28(34)33(29(25)35)20-9-6-8-19(30)14-20/h4-14,23-25,32H,1-3H3/t23-,24-,25+/m1/s1. The van der Waals surface area contributed by atoms with Crippen LogP contribution in [0.5, 0.6) is 0 Å². The molecule has 1 fully saturated rings. The number of hydrogen-bond donors (Lipinski definition) is 1. The Hall–Kier alpha value is -3.24. The summed E-state index contributed by atoms with van der Waals surface area (Å²) in [5.41, 5.74) is 3.80. The van der Waals surface area contributed by atoms with Gasteiger partial charge in [-0.15, -0.1) is 0 Å². The first-order valence-electron chi connectivity index (χ1n) is 12.3. The summed E-state index contributed by atoms with van der Waals surface area (Å²) in [7, 11) is -4.09. The number of hydrogen-bond acceptors (Lipinski definition) is 6. The molecule has 39 heavy (non-hydrogen) atoms. The monoisotopic (exact) mass is 577 g/mol. The molecule has 6 rings (SSSR count). The number of para-hydroxylation sites is 1. The number of aryl methyl sites for hydroxylation is 3. The zero-order valence-corrected chi connectivity index (χ0v) is 23.7. The molecule has 0 unspecified atom stereocenters. The summed E-state index contributed by atoms with van der Waals surface area (Å²) in [5.74, 6) is -1.88. The fourth-order valence-electron chi connectivity index (χ4n) is 5.68. The predicted octanol–water partition coefficient (Wildman–Crippen LogP) is 5.50. The molecule has 0 spiro atoms. The minimum absolute atomic E-state index is 0.168. The van der Waals surface area contributed by atoms with Crippen molar-refractivity contribution in [3.8, 4) is 0 Å². The quantitative estimate of drug-likeness (QED) is 0.322. The van der Waals surface area contributed by atoms with Crippen LogP contribution < -0.4 is 9.62 Å². The summed E-state index contributed by atoms with van der Waals surface area (Å²) in [4.78, 5) is 33.7. The molecule has 3 atom stereocenters. The van der Waals surface area contributed by atoms with E-state index in [1.165, 1.54) is 11.8 Å². The van der Waals surface area contributed by atoms with Crippen molar-refractivity contribution in [1.29, 1.82) is 0 Å². The lowest BCUT2D eigenvalue weighted by molar-refractivity contribution is -0.122. The van der Waals surface area contributed by atoms with Gasteiger partial charge in [0.1, 0.15) is 10.3 Å². The number of anilines is 1. The normalized spacial score (nSPS) is 20.8. The van der Waals surface area contributed by atoms with Crippen LogP contribution in [0.2, 0.25) is 5.02 Å². The largest absolute Gasteiger partial charge is 0.274 e. The highest BCUT2D eigenvalue weighted by Gasteiger charge is 2.56. The molecule has 10 heteroatoms. The third-order valence-electron chi connectivity index (χ3n) is 7.17. The molecular formula is C29H24ClN3O4S2. The second-order valence-corrected chi connectivity index (χ2v) is 13.2. The number of pyridine rings is 1. The van der Waals surface area contributed by atoms with E-state index in [4.69, 9.17) is 16.6 Å². The van der Waals surface area contributed by atoms with Gasteiger partial charge >= 0.3 is 0 Å². The smallest absolute Gasteiger partial charge is 0.248 e. The number of aromatic nitrogens is 1. The molecule has 3 heterocycles. The van der Waals surface area contributed by atoms with E-state index >= 15 is 0 Å². The van der Waals surface area contributed by atoms with Crippen molar-refractivity contribution in [3.05, 3.63) is 94.0 Å². The number of imide groups is 1. The molecule has 0 radical (unpaired) electrons. The number of rotatable bonds is 4. The maximum absolute atomic E-state index is 13.9. The summed E-state index contributed by atoms with van der Waals surface area (Å²) in [6.45, 7) is 5.41. The maximum atomic E-state index is 13.9. The molecule has 2 amide bonds. The highest BCUT2D eigenvalue weighted by molar-refractivity contribution is 8.00. The van der Waals surface area contributed by atoms with E-state index in [1.54, 1.807) is 38.1 Å². The third-order valence-corrected chi connectivity index (χ3v) is 10.4. The molecule has 7 nitrogen and oxygen atoms in total. The fourth-order valence-corrected chi connectivity index (χ4v) is 8.89. The van der Waals surface area contributed by atoms with Gasteiger partial charge in [-0.3, -0.25) is 9.59 Å². The van der Waals surface area contributed by atoms with Gasteiger partial charge in [0.25, 0.3) is 0 Å². The molecule has 198 valence electrons. The Morgan fingerprint density at radius 3 is 2.36 bits per heavy atom. The average Bonchev–Trinajstić information content (AvgIpc) is 3.11. The summed E-state index contributed by atoms with van der Waals surface area (Å²) >= 11 is 7.37. The van der Waals surface area contributed by atoms with Crippen molar-refractivity contribution in [3.63, 3.8) is 0 Å². The molecular weight excluding hydrogens is 554 g/mol. The zero-order chi connectivity index (χ0) is 27.6. The lowest BCUT2D eigenvalue weighted by atomic mass is 9.91. The summed E-state index contributed by atoms with van der Waals surface area (Å²) < 4.78 is 30.7. The van der Waals surface area contributed by atoms with E-state index in [9.17, 15) is 18.0 Å². The van der Waals surface area contributed by atoms with Crippen LogP contribution in [0, 0.1) is 26.7 Å². The molecule has 0 bridgehead atoms. The Kier molecular flexibility index (Phi) is 6.30. The maximum Gasteiger partial charge on any atom is 0.248 e. The van der Waals surface area contributed by atoms with Crippen LogP contribution in [0.3, 0.4) is 0 Å². The number of nitrogens with zero attached hydrogens (tertiary/aromatic N) is 2. The lowest BCUT2D eigenvalue weighted by Crippen LogP contribution is -2.42. The van der Waals surface area contributed by atoms with Gasteiger partial charge in [0.05, 0.1) is 28.1 Å². The number of benzene rings is 3. The number of nitrogens with one attached hydrogen (secondary N) is 1. The molecule has 3 aromatic carbocycles. The Morgan fingerprint density at radius 2 is 1.64 bits per heavy atom. The first-order valence-corrected chi connectivity index (χ1v) is 15.1. The number of halogens is 1. The number of fused-ring (bicyclic) bond motifs is 3. The van der Waals surface area contributed by atoms with E-state index in [0.29, 0.717) is 32.4 Å². The first kappa shape index (κ1) is 26.0. The number of sulfonamides is 1. The van der Waals surface area contributed by atoms with E-state index in [-0.39, 0.29) is 4.90 Å². The third kappa shape index (κ3) is 4.34. The van der Waals surface area contributed by atoms with Gasteiger partial charge in [0, 0.05) is 16.0 Å². The van der Waals surface area contributed by atoms with Crippen LogP contribution in [0.15, 0.2) is 76.7 Å². The molecule has 0 saturated carbocycles. The molecule has 4 aromatic rings. The minimum atomic E-state index is -4.09. The first-order chi connectivity index (χ1) is 18.5. The summed E-state index contributed by atoms with van der Waals surface area (Å²) in [6.07, 6.45) is 0. The number of carbonyl (C=O) groups excluding carboxylic acids is 2. The van der Waals surface area contributed by atoms with Crippen molar-refractivity contribution in [2.45, 2.75) is 42.0 Å². The Morgan fingerprint density at radius 1 is 0.923 bits per heavy atom. The molecule has 1 N–H and O–H groups in total. The van der Waals surface area contributed by atoms with Crippen LogP contribution in [0.1, 0.15) is 28.3 Å². The van der Waals surface area contributed by atoms with Crippen LogP contribution >= 0.6 is 23.4 Å². The van der Waals surface area contributed by atoms with Crippen molar-refractivity contribution in [2.24, 2.45) is 5.92 Å². The Balaban J connectivity index is 1.52. The summed E-state index contributed by atoms with van der Waals surface area (Å²) in [5, 5.41) is 0.861. The van der Waals surface area contributed by atoms with Crippen LogP contribution in [-0.4, -0.2) is 30.5 Å².